The Morgan fingerprint density at radius 3 is 2.79 bits per heavy atom. The number of carbonyl (C=O) groups excluding carboxylic acids is 2. The van der Waals surface area contributed by atoms with Gasteiger partial charge in [-0.25, -0.2) is 9.07 Å². The van der Waals surface area contributed by atoms with Crippen LogP contribution in [0.5, 0.6) is 0 Å². The van der Waals surface area contributed by atoms with Gasteiger partial charge in [-0.3, -0.25) is 14.5 Å². The first-order valence-electron chi connectivity index (χ1n) is 10.3. The van der Waals surface area contributed by atoms with Crippen molar-refractivity contribution in [1.29, 1.82) is 0 Å². The van der Waals surface area contributed by atoms with Crippen molar-refractivity contribution in [1.82, 2.24) is 20.3 Å². The van der Waals surface area contributed by atoms with Crippen LogP contribution < -0.4 is 10.2 Å². The van der Waals surface area contributed by atoms with Crippen LogP contribution in [0.1, 0.15) is 11.8 Å². The summed E-state index contributed by atoms with van der Waals surface area (Å²) in [5.74, 6) is -1.46. The van der Waals surface area contributed by atoms with Crippen LogP contribution in [0.15, 0.2) is 65.3 Å². The largest absolute Gasteiger partial charge is 0.467 e. The Balaban J connectivity index is 1.76. The molecule has 2 amide bonds. The van der Waals surface area contributed by atoms with E-state index in [1.54, 1.807) is 30.3 Å². The van der Waals surface area contributed by atoms with E-state index in [1.165, 1.54) is 35.1 Å². The number of aromatic nitrogens is 3. The second-order valence-corrected chi connectivity index (χ2v) is 7.71. The zero-order valence-corrected chi connectivity index (χ0v) is 18.9. The molecule has 34 heavy (non-hydrogen) atoms. The first-order valence-corrected chi connectivity index (χ1v) is 10.7. The molecular weight excluding hydrogens is 465 g/mol. The SMILES string of the molecule is COCCNC(=O)[C@@H](c1ccco1)N(C(=O)Cn1nnc2ccccc21)c1ccc(F)c(Cl)c1. The quantitative estimate of drug-likeness (QED) is 0.365. The van der Waals surface area contributed by atoms with E-state index >= 15 is 0 Å². The van der Waals surface area contributed by atoms with E-state index in [9.17, 15) is 14.0 Å². The van der Waals surface area contributed by atoms with E-state index in [4.69, 9.17) is 20.8 Å². The molecule has 0 aliphatic rings. The molecule has 176 valence electrons. The number of furan rings is 1. The fourth-order valence-corrected chi connectivity index (χ4v) is 3.68. The van der Waals surface area contributed by atoms with E-state index < -0.39 is 23.7 Å². The van der Waals surface area contributed by atoms with Crippen LogP contribution in [0.4, 0.5) is 10.1 Å². The lowest BCUT2D eigenvalue weighted by Crippen LogP contribution is -2.45. The number of nitrogens with zero attached hydrogens (tertiary/aromatic N) is 4. The number of nitrogens with one attached hydrogen (secondary N) is 1. The van der Waals surface area contributed by atoms with Crippen LogP contribution in [-0.2, 0) is 20.9 Å². The molecule has 0 spiro atoms. The highest BCUT2D eigenvalue weighted by Crippen LogP contribution is 2.31. The number of hydrogen-bond donors (Lipinski definition) is 1. The minimum absolute atomic E-state index is 0.195. The van der Waals surface area contributed by atoms with Crippen molar-refractivity contribution in [2.45, 2.75) is 12.6 Å². The molecule has 11 heteroatoms. The van der Waals surface area contributed by atoms with Gasteiger partial charge in [-0.15, -0.1) is 5.10 Å². The number of ether oxygens (including phenoxy) is 1. The number of amides is 2. The topological polar surface area (TPSA) is 102 Å². The maximum atomic E-state index is 13.9. The molecule has 2 aromatic carbocycles. The third-order valence-electron chi connectivity index (χ3n) is 5.08. The molecule has 2 aromatic heterocycles. The van der Waals surface area contributed by atoms with E-state index in [0.717, 1.165) is 6.07 Å². The average Bonchev–Trinajstić information content (AvgIpc) is 3.50. The Bertz CT molecular complexity index is 1290. The molecular formula is C23H21ClFN5O4. The van der Waals surface area contributed by atoms with E-state index in [-0.39, 0.29) is 36.2 Å². The van der Waals surface area contributed by atoms with E-state index in [1.807, 2.05) is 6.07 Å². The summed E-state index contributed by atoms with van der Waals surface area (Å²) in [6, 6.07) is 12.9. The van der Waals surface area contributed by atoms with E-state index in [0.29, 0.717) is 11.0 Å². The number of carbonyl (C=O) groups is 2. The van der Waals surface area contributed by atoms with Gasteiger partial charge >= 0.3 is 0 Å². The van der Waals surface area contributed by atoms with Gasteiger partial charge in [0.25, 0.3) is 5.91 Å². The molecule has 0 fully saturated rings. The van der Waals surface area contributed by atoms with Crippen molar-refractivity contribution in [3.63, 3.8) is 0 Å². The molecule has 9 nitrogen and oxygen atoms in total. The Morgan fingerprint density at radius 1 is 1.24 bits per heavy atom. The first-order chi connectivity index (χ1) is 16.5. The summed E-state index contributed by atoms with van der Waals surface area (Å²) in [4.78, 5) is 28.1. The maximum absolute atomic E-state index is 13.9. The molecule has 0 aliphatic carbocycles. The number of anilines is 1. The van der Waals surface area contributed by atoms with Crippen molar-refractivity contribution in [2.24, 2.45) is 0 Å². The van der Waals surface area contributed by atoms with Gasteiger partial charge in [-0.1, -0.05) is 28.9 Å². The Morgan fingerprint density at radius 2 is 2.06 bits per heavy atom. The minimum Gasteiger partial charge on any atom is -0.467 e. The second kappa shape index (κ2) is 10.4. The summed E-state index contributed by atoms with van der Waals surface area (Å²) in [7, 11) is 1.51. The van der Waals surface area contributed by atoms with Crippen LogP contribution in [0.3, 0.4) is 0 Å². The van der Waals surface area contributed by atoms with Gasteiger partial charge in [0, 0.05) is 19.3 Å². The van der Waals surface area contributed by atoms with Gasteiger partial charge in [0.15, 0.2) is 6.04 Å². The second-order valence-electron chi connectivity index (χ2n) is 7.30. The molecule has 4 aromatic rings. The predicted octanol–water partition coefficient (Wildman–Crippen LogP) is 3.35. The number of rotatable bonds is 9. The zero-order valence-electron chi connectivity index (χ0n) is 18.1. The molecule has 4 rings (SSSR count). The number of halogens is 2. The van der Waals surface area contributed by atoms with Crippen LogP contribution in [0, 0.1) is 5.82 Å². The standard InChI is InChI=1S/C23H21ClFN5O4/c1-33-12-10-26-23(32)22(20-7-4-11-34-20)30(15-8-9-17(25)16(24)13-15)21(31)14-29-19-6-3-2-5-18(19)27-28-29/h2-9,11,13,22H,10,12,14H2,1H3,(H,26,32)/t22-/m1/s1. The van der Waals surface area contributed by atoms with Gasteiger partial charge in [-0.05, 0) is 42.5 Å². The summed E-state index contributed by atoms with van der Waals surface area (Å²) in [6.45, 7) is 0.252. The van der Waals surface area contributed by atoms with Gasteiger partial charge in [0.2, 0.25) is 5.91 Å². The lowest BCUT2D eigenvalue weighted by Gasteiger charge is -2.30. The normalized spacial score (nSPS) is 12.0. The Labute approximate surface area is 199 Å². The predicted molar refractivity (Wildman–Crippen MR) is 123 cm³/mol. The molecule has 0 radical (unpaired) electrons. The summed E-state index contributed by atoms with van der Waals surface area (Å²) >= 11 is 6.01. The van der Waals surface area contributed by atoms with Crippen molar-refractivity contribution in [3.8, 4) is 0 Å². The Hall–Kier alpha value is -3.76. The summed E-state index contributed by atoms with van der Waals surface area (Å²) in [5, 5.41) is 10.7. The molecule has 0 bridgehead atoms. The highest BCUT2D eigenvalue weighted by atomic mass is 35.5. The molecule has 0 aliphatic heterocycles. The fraction of sp³-hybridized carbons (Fsp3) is 0.217. The molecule has 0 saturated carbocycles. The third-order valence-corrected chi connectivity index (χ3v) is 5.37. The molecule has 1 N–H and O–H groups in total. The lowest BCUT2D eigenvalue weighted by atomic mass is 10.1. The first kappa shape index (κ1) is 23.4. The van der Waals surface area contributed by atoms with Gasteiger partial charge in [0.1, 0.15) is 23.6 Å². The zero-order chi connectivity index (χ0) is 24.1. The number of fused-ring (bicyclic) bond motifs is 1. The molecule has 0 unspecified atom stereocenters. The Kier molecular flexibility index (Phi) is 7.19. The summed E-state index contributed by atoms with van der Waals surface area (Å²) in [6.07, 6.45) is 1.40. The van der Waals surface area contributed by atoms with Crippen molar-refractivity contribution in [3.05, 3.63) is 77.5 Å². The molecule has 1 atom stereocenters. The highest BCUT2D eigenvalue weighted by Gasteiger charge is 2.35. The monoisotopic (exact) mass is 485 g/mol. The van der Waals surface area contributed by atoms with E-state index in [2.05, 4.69) is 15.6 Å². The summed E-state index contributed by atoms with van der Waals surface area (Å²) in [5.41, 5.74) is 1.47. The molecule has 2 heterocycles. The maximum Gasteiger partial charge on any atom is 0.251 e. The lowest BCUT2D eigenvalue weighted by molar-refractivity contribution is -0.127. The average molecular weight is 486 g/mol. The number of benzene rings is 2. The smallest absolute Gasteiger partial charge is 0.251 e. The molecule has 0 saturated heterocycles. The van der Waals surface area contributed by atoms with Gasteiger partial charge in [-0.2, -0.15) is 0 Å². The van der Waals surface area contributed by atoms with Gasteiger partial charge in [0.05, 0.1) is 23.4 Å². The van der Waals surface area contributed by atoms with Gasteiger partial charge < -0.3 is 14.5 Å². The minimum atomic E-state index is -1.20. The van der Waals surface area contributed by atoms with Crippen molar-refractivity contribution >= 4 is 40.1 Å². The van der Waals surface area contributed by atoms with Crippen LogP contribution >= 0.6 is 11.6 Å². The third kappa shape index (κ3) is 4.92. The van der Waals surface area contributed by atoms with Crippen LogP contribution in [0.25, 0.3) is 11.0 Å². The summed E-state index contributed by atoms with van der Waals surface area (Å²) < 4.78 is 25.8. The number of para-hydroxylation sites is 1. The van der Waals surface area contributed by atoms with Crippen LogP contribution in [0.2, 0.25) is 5.02 Å². The van der Waals surface area contributed by atoms with Crippen molar-refractivity contribution in [2.75, 3.05) is 25.2 Å². The van der Waals surface area contributed by atoms with Crippen LogP contribution in [-0.4, -0.2) is 47.1 Å². The van der Waals surface area contributed by atoms with Crippen molar-refractivity contribution < 1.29 is 23.1 Å². The number of hydrogen-bond acceptors (Lipinski definition) is 6. The number of methoxy groups -OCH3 is 1. The fourth-order valence-electron chi connectivity index (χ4n) is 3.50. The highest BCUT2D eigenvalue weighted by molar-refractivity contribution is 6.31.